The number of hydrogen-bond acceptors (Lipinski definition) is 3. The van der Waals surface area contributed by atoms with Crippen LogP contribution in [0.2, 0.25) is 5.02 Å². The Morgan fingerprint density at radius 1 is 1.47 bits per heavy atom. The van der Waals surface area contributed by atoms with Crippen molar-refractivity contribution in [2.24, 2.45) is 0 Å². The molecule has 0 heterocycles. The van der Waals surface area contributed by atoms with Crippen molar-refractivity contribution < 1.29 is 18.7 Å². The van der Waals surface area contributed by atoms with E-state index in [1.54, 1.807) is 0 Å². The summed E-state index contributed by atoms with van der Waals surface area (Å²) in [6.07, 6.45) is -0.550. The highest BCUT2D eigenvalue weighted by atomic mass is 35.5. The lowest BCUT2D eigenvalue weighted by Gasteiger charge is -2.14. The molecule has 1 aromatic carbocycles. The Morgan fingerprint density at radius 2 is 2.12 bits per heavy atom. The molecule has 0 aliphatic heterocycles. The predicted octanol–water partition coefficient (Wildman–Crippen LogP) is 1.83. The van der Waals surface area contributed by atoms with Crippen LogP contribution in [-0.4, -0.2) is 33.0 Å². The van der Waals surface area contributed by atoms with Crippen LogP contribution < -0.4 is 5.32 Å². The number of halogens is 2. The van der Waals surface area contributed by atoms with Gasteiger partial charge in [-0.2, -0.15) is 0 Å². The molecule has 0 bridgehead atoms. The van der Waals surface area contributed by atoms with Crippen LogP contribution in [-0.2, 0) is 9.47 Å². The molecule has 1 amide bonds. The summed E-state index contributed by atoms with van der Waals surface area (Å²) in [6, 6.07) is 4.04. The molecule has 94 valence electrons. The molecule has 1 aromatic rings. The van der Waals surface area contributed by atoms with Crippen molar-refractivity contribution in [2.45, 2.75) is 6.29 Å². The first-order chi connectivity index (χ1) is 8.10. The number of carbonyl (C=O) groups is 1. The van der Waals surface area contributed by atoms with Crippen LogP contribution in [0.15, 0.2) is 18.2 Å². The van der Waals surface area contributed by atoms with Crippen LogP contribution in [0.4, 0.5) is 4.39 Å². The van der Waals surface area contributed by atoms with E-state index in [1.807, 2.05) is 0 Å². The van der Waals surface area contributed by atoms with Gasteiger partial charge >= 0.3 is 0 Å². The van der Waals surface area contributed by atoms with Gasteiger partial charge in [0.15, 0.2) is 6.29 Å². The van der Waals surface area contributed by atoms with Gasteiger partial charge in [0.25, 0.3) is 5.91 Å². The largest absolute Gasteiger partial charge is 0.354 e. The van der Waals surface area contributed by atoms with Gasteiger partial charge in [-0.15, -0.1) is 0 Å². The number of amides is 1. The van der Waals surface area contributed by atoms with Crippen molar-refractivity contribution in [1.29, 1.82) is 0 Å². The molecule has 0 saturated carbocycles. The van der Waals surface area contributed by atoms with Crippen LogP contribution in [0.3, 0.4) is 0 Å². The van der Waals surface area contributed by atoms with Crippen molar-refractivity contribution in [3.63, 3.8) is 0 Å². The van der Waals surface area contributed by atoms with Crippen molar-refractivity contribution in [3.05, 3.63) is 34.6 Å². The van der Waals surface area contributed by atoms with E-state index in [0.717, 1.165) is 0 Å². The fourth-order valence-corrected chi connectivity index (χ4v) is 1.43. The number of methoxy groups -OCH3 is 2. The van der Waals surface area contributed by atoms with Crippen molar-refractivity contribution in [2.75, 3.05) is 20.8 Å². The third-order valence-electron chi connectivity index (χ3n) is 2.15. The maximum absolute atomic E-state index is 13.1. The minimum Gasteiger partial charge on any atom is -0.354 e. The molecule has 0 saturated heterocycles. The first-order valence-corrected chi connectivity index (χ1v) is 5.25. The second kappa shape index (κ2) is 6.54. The molecule has 0 atom stereocenters. The minimum absolute atomic E-state index is 0.0811. The molecule has 17 heavy (non-hydrogen) atoms. The van der Waals surface area contributed by atoms with Gasteiger partial charge in [0, 0.05) is 14.2 Å². The third-order valence-corrected chi connectivity index (χ3v) is 2.54. The first kappa shape index (κ1) is 13.9. The van der Waals surface area contributed by atoms with Gasteiger partial charge in [0.05, 0.1) is 17.1 Å². The van der Waals surface area contributed by atoms with E-state index in [1.165, 1.54) is 32.4 Å². The van der Waals surface area contributed by atoms with Crippen LogP contribution in [0.5, 0.6) is 0 Å². The minimum atomic E-state index is -0.630. The quantitative estimate of drug-likeness (QED) is 0.823. The van der Waals surface area contributed by atoms with Crippen molar-refractivity contribution in [1.82, 2.24) is 5.32 Å². The van der Waals surface area contributed by atoms with Gasteiger partial charge < -0.3 is 14.8 Å². The number of benzene rings is 1. The van der Waals surface area contributed by atoms with E-state index >= 15 is 0 Å². The van der Waals surface area contributed by atoms with Gasteiger partial charge in [-0.25, -0.2) is 4.39 Å². The van der Waals surface area contributed by atoms with Gasteiger partial charge in [0.1, 0.15) is 5.82 Å². The lowest BCUT2D eigenvalue weighted by atomic mass is 10.2. The number of ether oxygens (including phenoxy) is 2. The highest BCUT2D eigenvalue weighted by Crippen LogP contribution is 2.19. The molecule has 0 unspecified atom stereocenters. The Balaban J connectivity index is 2.67. The number of carbonyl (C=O) groups excluding carboxylic acids is 1. The Bertz CT molecular complexity index is 396. The molecule has 1 rings (SSSR count). The molecular formula is C11H13ClFNO3. The zero-order valence-electron chi connectivity index (χ0n) is 9.50. The van der Waals surface area contributed by atoms with E-state index in [-0.39, 0.29) is 17.1 Å². The highest BCUT2D eigenvalue weighted by Gasteiger charge is 2.14. The van der Waals surface area contributed by atoms with E-state index in [0.29, 0.717) is 0 Å². The predicted molar refractivity (Wildman–Crippen MR) is 61.5 cm³/mol. The van der Waals surface area contributed by atoms with Crippen LogP contribution in [0, 0.1) is 5.82 Å². The fraction of sp³-hybridized carbons (Fsp3) is 0.364. The number of hydrogen-bond donors (Lipinski definition) is 1. The summed E-state index contributed by atoms with van der Waals surface area (Å²) >= 11 is 5.67. The zero-order chi connectivity index (χ0) is 12.8. The molecule has 0 aromatic heterocycles. The van der Waals surface area contributed by atoms with E-state index in [2.05, 4.69) is 5.32 Å². The summed E-state index contributed by atoms with van der Waals surface area (Å²) in [5.41, 5.74) is 0.0811. The van der Waals surface area contributed by atoms with E-state index in [9.17, 15) is 9.18 Å². The maximum atomic E-state index is 13.1. The SMILES string of the molecule is COC(CNC(=O)c1cccc(F)c1Cl)OC. The van der Waals surface area contributed by atoms with Gasteiger partial charge in [0.2, 0.25) is 0 Å². The first-order valence-electron chi connectivity index (χ1n) is 4.88. The van der Waals surface area contributed by atoms with Gasteiger partial charge in [-0.3, -0.25) is 4.79 Å². The molecule has 6 heteroatoms. The monoisotopic (exact) mass is 261 g/mol. The molecule has 0 spiro atoms. The Morgan fingerprint density at radius 3 is 2.71 bits per heavy atom. The molecule has 1 N–H and O–H groups in total. The Hall–Kier alpha value is -1.17. The molecule has 0 fully saturated rings. The standard InChI is InChI=1S/C11H13ClFNO3/c1-16-9(17-2)6-14-11(15)7-4-3-5-8(13)10(7)12/h3-5,9H,6H2,1-2H3,(H,14,15). The topological polar surface area (TPSA) is 47.6 Å². The average molecular weight is 262 g/mol. The summed E-state index contributed by atoms with van der Waals surface area (Å²) < 4.78 is 22.9. The summed E-state index contributed by atoms with van der Waals surface area (Å²) in [7, 11) is 2.91. The lowest BCUT2D eigenvalue weighted by Crippen LogP contribution is -2.34. The van der Waals surface area contributed by atoms with Crippen LogP contribution in [0.1, 0.15) is 10.4 Å². The molecular weight excluding hydrogens is 249 g/mol. The summed E-state index contributed by atoms with van der Waals surface area (Å²) in [5, 5.41) is 2.33. The number of rotatable bonds is 5. The molecule has 0 aliphatic rings. The van der Waals surface area contributed by atoms with Crippen LogP contribution in [0.25, 0.3) is 0 Å². The molecule has 0 aliphatic carbocycles. The fourth-order valence-electron chi connectivity index (χ4n) is 1.21. The Labute approximate surface area is 104 Å². The summed E-state index contributed by atoms with van der Waals surface area (Å²) in [5.74, 6) is -1.11. The second-order valence-electron chi connectivity index (χ2n) is 3.21. The summed E-state index contributed by atoms with van der Waals surface area (Å²) in [6.45, 7) is 0.151. The molecule has 0 radical (unpaired) electrons. The maximum Gasteiger partial charge on any atom is 0.253 e. The number of nitrogens with one attached hydrogen (secondary N) is 1. The van der Waals surface area contributed by atoms with E-state index in [4.69, 9.17) is 21.1 Å². The average Bonchev–Trinajstić information content (AvgIpc) is 2.33. The van der Waals surface area contributed by atoms with Crippen molar-refractivity contribution >= 4 is 17.5 Å². The van der Waals surface area contributed by atoms with Gasteiger partial charge in [-0.05, 0) is 12.1 Å². The second-order valence-corrected chi connectivity index (χ2v) is 3.59. The third kappa shape index (κ3) is 3.66. The normalized spacial score (nSPS) is 10.6. The summed E-state index contributed by atoms with van der Waals surface area (Å²) in [4.78, 5) is 11.7. The van der Waals surface area contributed by atoms with E-state index < -0.39 is 18.0 Å². The zero-order valence-corrected chi connectivity index (χ0v) is 10.3. The smallest absolute Gasteiger partial charge is 0.253 e. The highest BCUT2D eigenvalue weighted by molar-refractivity contribution is 6.34. The Kier molecular flexibility index (Phi) is 5.34. The lowest BCUT2D eigenvalue weighted by molar-refractivity contribution is -0.0974. The molecule has 4 nitrogen and oxygen atoms in total. The van der Waals surface area contributed by atoms with Crippen LogP contribution >= 0.6 is 11.6 Å². The van der Waals surface area contributed by atoms with Crippen molar-refractivity contribution in [3.8, 4) is 0 Å². The van der Waals surface area contributed by atoms with Gasteiger partial charge in [-0.1, -0.05) is 17.7 Å².